The standard InChI is InChI=1S/C16H20N2O4/c1-2-5-13(19)17-10-14(20)18-9-8-11-6-3-4-7-12(11)15(18)16(21)22/h3-4,6-7,15H,2,5,8-10H2,1H3,(H,17,19)(H,21,22). The third kappa shape index (κ3) is 3.44. The second-order valence-corrected chi connectivity index (χ2v) is 5.30. The smallest absolute Gasteiger partial charge is 0.331 e. The van der Waals surface area contributed by atoms with Gasteiger partial charge in [-0.3, -0.25) is 9.59 Å². The zero-order valence-electron chi connectivity index (χ0n) is 12.5. The molecule has 2 amide bonds. The molecule has 1 aromatic rings. The summed E-state index contributed by atoms with van der Waals surface area (Å²) in [6, 6.07) is 6.27. The highest BCUT2D eigenvalue weighted by molar-refractivity contribution is 5.89. The minimum Gasteiger partial charge on any atom is -0.479 e. The first-order chi connectivity index (χ1) is 10.5. The molecule has 1 aromatic carbocycles. The summed E-state index contributed by atoms with van der Waals surface area (Å²) < 4.78 is 0. The predicted molar refractivity (Wildman–Crippen MR) is 80.2 cm³/mol. The summed E-state index contributed by atoms with van der Waals surface area (Å²) in [5.41, 5.74) is 1.60. The molecular weight excluding hydrogens is 284 g/mol. The fourth-order valence-corrected chi connectivity index (χ4v) is 2.69. The monoisotopic (exact) mass is 304 g/mol. The van der Waals surface area contributed by atoms with Crippen molar-refractivity contribution >= 4 is 17.8 Å². The molecule has 2 N–H and O–H groups in total. The lowest BCUT2D eigenvalue weighted by atomic mass is 9.92. The maximum Gasteiger partial charge on any atom is 0.331 e. The number of benzene rings is 1. The van der Waals surface area contributed by atoms with Crippen molar-refractivity contribution in [2.24, 2.45) is 0 Å². The van der Waals surface area contributed by atoms with Crippen LogP contribution in [0.4, 0.5) is 0 Å². The number of rotatable bonds is 5. The highest BCUT2D eigenvalue weighted by Crippen LogP contribution is 2.29. The van der Waals surface area contributed by atoms with Crippen molar-refractivity contribution in [1.82, 2.24) is 10.2 Å². The number of carbonyl (C=O) groups excluding carboxylic acids is 2. The zero-order chi connectivity index (χ0) is 16.1. The van der Waals surface area contributed by atoms with Gasteiger partial charge in [-0.25, -0.2) is 4.79 Å². The van der Waals surface area contributed by atoms with Crippen molar-refractivity contribution in [3.63, 3.8) is 0 Å². The second-order valence-electron chi connectivity index (χ2n) is 5.30. The maximum atomic E-state index is 12.3. The molecule has 0 radical (unpaired) electrons. The number of carboxylic acids is 1. The van der Waals surface area contributed by atoms with Crippen molar-refractivity contribution in [3.05, 3.63) is 35.4 Å². The Morgan fingerprint density at radius 2 is 2.05 bits per heavy atom. The van der Waals surface area contributed by atoms with E-state index in [1.54, 1.807) is 12.1 Å². The van der Waals surface area contributed by atoms with Crippen LogP contribution in [0.1, 0.15) is 36.9 Å². The van der Waals surface area contributed by atoms with E-state index in [0.717, 1.165) is 5.56 Å². The van der Waals surface area contributed by atoms with Crippen LogP contribution in [-0.4, -0.2) is 40.9 Å². The van der Waals surface area contributed by atoms with Crippen LogP contribution in [0.5, 0.6) is 0 Å². The van der Waals surface area contributed by atoms with Gasteiger partial charge in [-0.2, -0.15) is 0 Å². The van der Waals surface area contributed by atoms with Crippen molar-refractivity contribution in [1.29, 1.82) is 0 Å². The van der Waals surface area contributed by atoms with Crippen LogP contribution in [0.15, 0.2) is 24.3 Å². The van der Waals surface area contributed by atoms with E-state index in [2.05, 4.69) is 5.32 Å². The molecule has 0 bridgehead atoms. The molecule has 6 nitrogen and oxygen atoms in total. The number of fused-ring (bicyclic) bond motifs is 1. The average Bonchev–Trinajstić information content (AvgIpc) is 2.51. The Kier molecular flexibility index (Phi) is 5.14. The topological polar surface area (TPSA) is 86.7 Å². The lowest BCUT2D eigenvalue weighted by molar-refractivity contribution is -0.151. The number of aliphatic carboxylic acids is 1. The Hall–Kier alpha value is -2.37. The van der Waals surface area contributed by atoms with Gasteiger partial charge in [0, 0.05) is 13.0 Å². The van der Waals surface area contributed by atoms with Crippen LogP contribution in [0.3, 0.4) is 0 Å². The molecule has 6 heteroatoms. The van der Waals surface area contributed by atoms with Gasteiger partial charge < -0.3 is 15.3 Å². The minimum absolute atomic E-state index is 0.162. The molecule has 1 atom stereocenters. The molecule has 1 aliphatic rings. The summed E-state index contributed by atoms with van der Waals surface area (Å²) >= 11 is 0. The number of carboxylic acid groups (broad SMARTS) is 1. The summed E-state index contributed by atoms with van der Waals surface area (Å²) in [5.74, 6) is -1.62. The van der Waals surface area contributed by atoms with Gasteiger partial charge in [0.2, 0.25) is 11.8 Å². The summed E-state index contributed by atoms with van der Waals surface area (Å²) in [5, 5.41) is 12.0. The Labute approximate surface area is 129 Å². The highest BCUT2D eigenvalue weighted by atomic mass is 16.4. The van der Waals surface area contributed by atoms with Crippen molar-refractivity contribution in [2.75, 3.05) is 13.1 Å². The number of amides is 2. The van der Waals surface area contributed by atoms with Crippen LogP contribution < -0.4 is 5.32 Å². The molecule has 0 aromatic heterocycles. The maximum absolute atomic E-state index is 12.3. The predicted octanol–water partition coefficient (Wildman–Crippen LogP) is 1.11. The Morgan fingerprint density at radius 3 is 2.73 bits per heavy atom. The summed E-state index contributed by atoms with van der Waals surface area (Å²) in [7, 11) is 0. The van der Waals surface area contributed by atoms with Crippen molar-refractivity contribution in [3.8, 4) is 0 Å². The van der Waals surface area contributed by atoms with E-state index in [9.17, 15) is 19.5 Å². The molecule has 0 aliphatic carbocycles. The summed E-state index contributed by atoms with van der Waals surface area (Å²) in [6.07, 6.45) is 1.68. The van der Waals surface area contributed by atoms with Crippen LogP contribution in [0.2, 0.25) is 0 Å². The van der Waals surface area contributed by atoms with Gasteiger partial charge in [-0.15, -0.1) is 0 Å². The molecule has 0 saturated carbocycles. The summed E-state index contributed by atoms with van der Waals surface area (Å²) in [4.78, 5) is 36.6. The lowest BCUT2D eigenvalue weighted by Gasteiger charge is -2.34. The van der Waals surface area contributed by atoms with Crippen LogP contribution in [0, 0.1) is 0 Å². The van der Waals surface area contributed by atoms with E-state index >= 15 is 0 Å². The van der Waals surface area contributed by atoms with Crippen LogP contribution in [0.25, 0.3) is 0 Å². The van der Waals surface area contributed by atoms with Gasteiger partial charge in [-0.05, 0) is 24.0 Å². The average molecular weight is 304 g/mol. The molecule has 0 fully saturated rings. The quantitative estimate of drug-likeness (QED) is 0.853. The van der Waals surface area contributed by atoms with Gasteiger partial charge in [0.15, 0.2) is 6.04 Å². The molecule has 0 spiro atoms. The Balaban J connectivity index is 2.12. The fourth-order valence-electron chi connectivity index (χ4n) is 2.69. The largest absolute Gasteiger partial charge is 0.479 e. The third-order valence-corrected chi connectivity index (χ3v) is 3.75. The Bertz CT molecular complexity index is 585. The van der Waals surface area contributed by atoms with Gasteiger partial charge in [0.1, 0.15) is 0 Å². The van der Waals surface area contributed by atoms with E-state index in [1.165, 1.54) is 4.90 Å². The minimum atomic E-state index is -1.06. The molecule has 1 aliphatic heterocycles. The zero-order valence-corrected chi connectivity index (χ0v) is 12.5. The van der Waals surface area contributed by atoms with E-state index in [-0.39, 0.29) is 18.4 Å². The molecule has 118 valence electrons. The molecule has 2 rings (SSSR count). The van der Waals surface area contributed by atoms with E-state index in [1.807, 2.05) is 19.1 Å². The molecule has 22 heavy (non-hydrogen) atoms. The van der Waals surface area contributed by atoms with Crippen molar-refractivity contribution < 1.29 is 19.5 Å². The number of hydrogen-bond acceptors (Lipinski definition) is 3. The van der Waals surface area contributed by atoms with E-state index in [0.29, 0.717) is 31.4 Å². The van der Waals surface area contributed by atoms with Gasteiger partial charge in [0.05, 0.1) is 6.54 Å². The molecule has 1 heterocycles. The first-order valence-electron chi connectivity index (χ1n) is 7.41. The number of carbonyl (C=O) groups is 3. The van der Waals surface area contributed by atoms with Crippen LogP contribution in [-0.2, 0) is 20.8 Å². The number of nitrogens with one attached hydrogen (secondary N) is 1. The van der Waals surface area contributed by atoms with E-state index < -0.39 is 12.0 Å². The number of hydrogen-bond donors (Lipinski definition) is 2. The van der Waals surface area contributed by atoms with Crippen LogP contribution >= 0.6 is 0 Å². The second kappa shape index (κ2) is 7.06. The van der Waals surface area contributed by atoms with Gasteiger partial charge >= 0.3 is 5.97 Å². The van der Waals surface area contributed by atoms with E-state index in [4.69, 9.17) is 0 Å². The molecule has 0 saturated heterocycles. The molecule has 1 unspecified atom stereocenters. The normalized spacial score (nSPS) is 16.8. The van der Waals surface area contributed by atoms with Gasteiger partial charge in [0.25, 0.3) is 0 Å². The fraction of sp³-hybridized carbons (Fsp3) is 0.438. The highest BCUT2D eigenvalue weighted by Gasteiger charge is 2.35. The summed E-state index contributed by atoms with van der Waals surface area (Å²) in [6.45, 7) is 2.06. The first-order valence-corrected chi connectivity index (χ1v) is 7.41. The Morgan fingerprint density at radius 1 is 1.32 bits per heavy atom. The SMILES string of the molecule is CCCC(=O)NCC(=O)N1CCc2ccccc2C1C(=O)O. The third-order valence-electron chi connectivity index (χ3n) is 3.75. The van der Waals surface area contributed by atoms with Gasteiger partial charge in [-0.1, -0.05) is 31.2 Å². The molecular formula is C16H20N2O4. The lowest BCUT2D eigenvalue weighted by Crippen LogP contribution is -2.47. The first kappa shape index (κ1) is 16.0. The number of nitrogens with zero attached hydrogens (tertiary/aromatic N) is 1. The van der Waals surface area contributed by atoms with Crippen molar-refractivity contribution in [2.45, 2.75) is 32.2 Å².